The number of ether oxygens (including phenoxy) is 1. The Bertz CT molecular complexity index is 227. The van der Waals surface area contributed by atoms with Crippen LogP contribution in [-0.4, -0.2) is 47.8 Å². The van der Waals surface area contributed by atoms with Crippen LogP contribution in [0.4, 0.5) is 0 Å². The number of hydrogen-bond acceptors (Lipinski definition) is 4. The number of esters is 1. The molecular formula is C12H23NO3. The molecule has 0 atom stereocenters. The van der Waals surface area contributed by atoms with Gasteiger partial charge in [-0.05, 0) is 46.7 Å². The van der Waals surface area contributed by atoms with E-state index < -0.39 is 5.60 Å². The van der Waals surface area contributed by atoms with E-state index in [0.717, 1.165) is 25.9 Å². The Balaban J connectivity index is 2.31. The number of carbonyl (C=O) groups excluding carboxylic acids is 1. The Morgan fingerprint density at radius 2 is 2.00 bits per heavy atom. The van der Waals surface area contributed by atoms with Crippen molar-refractivity contribution in [1.29, 1.82) is 0 Å². The molecule has 0 aromatic heterocycles. The Morgan fingerprint density at radius 1 is 1.44 bits per heavy atom. The van der Waals surface area contributed by atoms with Crippen LogP contribution >= 0.6 is 0 Å². The number of β-amino-alcohol motifs (C(OH)–C–C–N with tert-alkyl or cyclic N) is 1. The predicted molar refractivity (Wildman–Crippen MR) is 62.1 cm³/mol. The third-order valence-electron chi connectivity index (χ3n) is 2.82. The standard InChI is InChI=1S/C12H23NO3/c1-4-16-11(14)10-5-7-13(8-6-10)9-12(2,3)15/h10,15H,4-9H2,1-3H3. The molecule has 1 fully saturated rings. The lowest BCUT2D eigenvalue weighted by Gasteiger charge is -2.34. The van der Waals surface area contributed by atoms with Crippen LogP contribution in [0.25, 0.3) is 0 Å². The van der Waals surface area contributed by atoms with Crippen LogP contribution in [0.1, 0.15) is 33.6 Å². The van der Waals surface area contributed by atoms with E-state index in [1.807, 2.05) is 20.8 Å². The van der Waals surface area contributed by atoms with Gasteiger partial charge in [0.25, 0.3) is 0 Å². The van der Waals surface area contributed by atoms with Gasteiger partial charge in [0.15, 0.2) is 0 Å². The molecule has 4 heteroatoms. The summed E-state index contributed by atoms with van der Waals surface area (Å²) in [5, 5.41) is 9.70. The topological polar surface area (TPSA) is 49.8 Å². The van der Waals surface area contributed by atoms with E-state index in [4.69, 9.17) is 4.74 Å². The molecule has 0 aromatic rings. The minimum absolute atomic E-state index is 0.0537. The van der Waals surface area contributed by atoms with E-state index in [2.05, 4.69) is 4.90 Å². The maximum Gasteiger partial charge on any atom is 0.309 e. The summed E-state index contributed by atoms with van der Waals surface area (Å²) in [4.78, 5) is 13.7. The summed E-state index contributed by atoms with van der Waals surface area (Å²) in [6.45, 7) is 8.32. The average molecular weight is 229 g/mol. The normalized spacial score (nSPS) is 19.8. The second kappa shape index (κ2) is 5.64. The molecule has 1 N–H and O–H groups in total. The number of piperidine rings is 1. The number of carbonyl (C=O) groups is 1. The summed E-state index contributed by atoms with van der Waals surface area (Å²) < 4.78 is 5.01. The molecule has 94 valence electrons. The van der Waals surface area contributed by atoms with Crippen molar-refractivity contribution in [2.45, 2.75) is 39.2 Å². The van der Waals surface area contributed by atoms with Crippen LogP contribution in [0.5, 0.6) is 0 Å². The SMILES string of the molecule is CCOC(=O)C1CCN(CC(C)(C)O)CC1. The van der Waals surface area contributed by atoms with Gasteiger partial charge in [-0.15, -0.1) is 0 Å². The van der Waals surface area contributed by atoms with Gasteiger partial charge in [-0.2, -0.15) is 0 Å². The number of aliphatic hydroxyl groups is 1. The third kappa shape index (κ3) is 4.49. The zero-order chi connectivity index (χ0) is 12.2. The Labute approximate surface area is 97.6 Å². The molecule has 0 aliphatic carbocycles. The van der Waals surface area contributed by atoms with Crippen molar-refractivity contribution < 1.29 is 14.6 Å². The van der Waals surface area contributed by atoms with Crippen LogP contribution in [0, 0.1) is 5.92 Å². The predicted octanol–water partition coefficient (Wildman–Crippen LogP) is 1.03. The highest BCUT2D eigenvalue weighted by Crippen LogP contribution is 2.20. The second-order valence-corrected chi connectivity index (χ2v) is 5.11. The fourth-order valence-corrected chi connectivity index (χ4v) is 2.13. The van der Waals surface area contributed by atoms with E-state index in [0.29, 0.717) is 13.2 Å². The van der Waals surface area contributed by atoms with Crippen LogP contribution in [0.3, 0.4) is 0 Å². The van der Waals surface area contributed by atoms with Crippen LogP contribution in [0.15, 0.2) is 0 Å². The molecule has 1 aliphatic rings. The minimum Gasteiger partial charge on any atom is -0.466 e. The summed E-state index contributed by atoms with van der Waals surface area (Å²) in [7, 11) is 0. The first-order chi connectivity index (χ1) is 7.42. The van der Waals surface area contributed by atoms with E-state index in [-0.39, 0.29) is 11.9 Å². The molecule has 0 aromatic carbocycles. The number of likely N-dealkylation sites (tertiary alicyclic amines) is 1. The van der Waals surface area contributed by atoms with Crippen molar-refractivity contribution in [2.24, 2.45) is 5.92 Å². The van der Waals surface area contributed by atoms with Gasteiger partial charge in [0.05, 0.1) is 18.1 Å². The lowest BCUT2D eigenvalue weighted by Crippen LogP contribution is -2.44. The van der Waals surface area contributed by atoms with E-state index in [1.165, 1.54) is 0 Å². The molecule has 0 bridgehead atoms. The van der Waals surface area contributed by atoms with Gasteiger partial charge >= 0.3 is 5.97 Å². The van der Waals surface area contributed by atoms with Gasteiger partial charge < -0.3 is 14.7 Å². The summed E-state index contributed by atoms with van der Waals surface area (Å²) in [6.07, 6.45) is 1.68. The zero-order valence-electron chi connectivity index (χ0n) is 10.5. The first-order valence-electron chi connectivity index (χ1n) is 6.04. The Hall–Kier alpha value is -0.610. The molecular weight excluding hydrogens is 206 g/mol. The summed E-state index contributed by atoms with van der Waals surface area (Å²) in [5.74, 6) is -0.0107. The molecule has 0 unspecified atom stereocenters. The van der Waals surface area contributed by atoms with Crippen molar-refractivity contribution >= 4 is 5.97 Å². The van der Waals surface area contributed by atoms with E-state index in [1.54, 1.807) is 0 Å². The van der Waals surface area contributed by atoms with Crippen molar-refractivity contribution in [1.82, 2.24) is 4.90 Å². The van der Waals surface area contributed by atoms with Crippen molar-refractivity contribution in [2.75, 3.05) is 26.2 Å². The first kappa shape index (κ1) is 13.5. The maximum atomic E-state index is 11.5. The highest BCUT2D eigenvalue weighted by molar-refractivity contribution is 5.72. The summed E-state index contributed by atoms with van der Waals surface area (Å²) >= 11 is 0. The van der Waals surface area contributed by atoms with Crippen molar-refractivity contribution in [3.8, 4) is 0 Å². The molecule has 0 amide bonds. The molecule has 0 saturated carbocycles. The Morgan fingerprint density at radius 3 is 2.44 bits per heavy atom. The number of rotatable bonds is 4. The van der Waals surface area contributed by atoms with Gasteiger partial charge in [0.1, 0.15) is 0 Å². The first-order valence-corrected chi connectivity index (χ1v) is 6.04. The van der Waals surface area contributed by atoms with Crippen LogP contribution in [0.2, 0.25) is 0 Å². The number of nitrogens with zero attached hydrogens (tertiary/aromatic N) is 1. The summed E-state index contributed by atoms with van der Waals surface area (Å²) in [5.41, 5.74) is -0.656. The second-order valence-electron chi connectivity index (χ2n) is 5.11. The molecule has 1 aliphatic heterocycles. The average Bonchev–Trinajstić information content (AvgIpc) is 2.16. The van der Waals surface area contributed by atoms with Gasteiger partial charge in [-0.3, -0.25) is 4.79 Å². The fraction of sp³-hybridized carbons (Fsp3) is 0.917. The molecule has 0 spiro atoms. The Kier molecular flexibility index (Phi) is 4.74. The smallest absolute Gasteiger partial charge is 0.309 e. The quantitative estimate of drug-likeness (QED) is 0.732. The fourth-order valence-electron chi connectivity index (χ4n) is 2.13. The monoisotopic (exact) mass is 229 g/mol. The molecule has 4 nitrogen and oxygen atoms in total. The summed E-state index contributed by atoms with van der Waals surface area (Å²) in [6, 6.07) is 0. The van der Waals surface area contributed by atoms with Crippen LogP contribution < -0.4 is 0 Å². The van der Waals surface area contributed by atoms with Crippen LogP contribution in [-0.2, 0) is 9.53 Å². The molecule has 0 radical (unpaired) electrons. The zero-order valence-corrected chi connectivity index (χ0v) is 10.5. The molecule has 16 heavy (non-hydrogen) atoms. The minimum atomic E-state index is -0.656. The number of hydrogen-bond donors (Lipinski definition) is 1. The van der Waals surface area contributed by atoms with Gasteiger partial charge in [0, 0.05) is 6.54 Å². The van der Waals surface area contributed by atoms with Crippen molar-refractivity contribution in [3.05, 3.63) is 0 Å². The highest BCUT2D eigenvalue weighted by Gasteiger charge is 2.28. The largest absolute Gasteiger partial charge is 0.466 e. The van der Waals surface area contributed by atoms with E-state index in [9.17, 15) is 9.90 Å². The van der Waals surface area contributed by atoms with E-state index >= 15 is 0 Å². The van der Waals surface area contributed by atoms with Gasteiger partial charge in [-0.1, -0.05) is 0 Å². The third-order valence-corrected chi connectivity index (χ3v) is 2.82. The molecule has 1 rings (SSSR count). The highest BCUT2D eigenvalue weighted by atomic mass is 16.5. The van der Waals surface area contributed by atoms with Gasteiger partial charge in [-0.25, -0.2) is 0 Å². The van der Waals surface area contributed by atoms with Crippen molar-refractivity contribution in [3.63, 3.8) is 0 Å². The maximum absolute atomic E-state index is 11.5. The van der Waals surface area contributed by atoms with Gasteiger partial charge in [0.2, 0.25) is 0 Å². The lowest BCUT2D eigenvalue weighted by molar-refractivity contribution is -0.149. The molecule has 1 heterocycles. The lowest BCUT2D eigenvalue weighted by atomic mass is 9.96. The molecule has 1 saturated heterocycles.